The molecule has 0 aromatic heterocycles. The molecule has 133 heavy (non-hydrogen) atoms. The van der Waals surface area contributed by atoms with Crippen molar-refractivity contribution in [1.29, 1.82) is 0 Å². The van der Waals surface area contributed by atoms with Gasteiger partial charge in [-0.2, -0.15) is 0 Å². The Bertz CT molecular complexity index is 4640. The highest BCUT2D eigenvalue weighted by atomic mass is 16.6. The lowest BCUT2D eigenvalue weighted by Gasteiger charge is -2.42. The van der Waals surface area contributed by atoms with Gasteiger partial charge in [0.1, 0.15) is 0 Å². The zero-order valence-electron chi connectivity index (χ0n) is 79.0. The summed E-state index contributed by atoms with van der Waals surface area (Å²) in [4.78, 5) is 91.9. The summed E-state index contributed by atoms with van der Waals surface area (Å²) in [7, 11) is 0. The third-order valence-electron chi connectivity index (χ3n) is 31.1. The van der Waals surface area contributed by atoms with Crippen LogP contribution in [0, 0.1) is 108 Å². The molecule has 30 nitrogen and oxygen atoms in total. The molecular formula is C103H146N18O12. The Morgan fingerprint density at radius 3 is 0.820 bits per heavy atom. The summed E-state index contributed by atoms with van der Waals surface area (Å²) in [5, 5.41) is 64.3. The second-order valence-electron chi connectivity index (χ2n) is 39.7. The summed E-state index contributed by atoms with van der Waals surface area (Å²) >= 11 is 0. The number of allylic oxidation sites excluding steroid dienone is 4. The molecule has 4 unspecified atom stereocenters. The minimum atomic E-state index is -0.347. The zero-order chi connectivity index (χ0) is 93.0. The Kier molecular flexibility index (Phi) is 37.0. The fourth-order valence-corrected chi connectivity index (χ4v) is 22.8. The fourth-order valence-electron chi connectivity index (χ4n) is 22.8. The molecule has 19 rings (SSSR count). The van der Waals surface area contributed by atoms with Crippen LogP contribution in [-0.4, -0.2) is 254 Å². The maximum Gasteiger partial charge on any atom is 0.269 e. The third kappa shape index (κ3) is 29.4. The van der Waals surface area contributed by atoms with Crippen molar-refractivity contribution in [2.75, 3.05) is 213 Å². The molecule has 30 heteroatoms. The van der Waals surface area contributed by atoms with E-state index in [0.29, 0.717) is 0 Å². The first-order valence-electron chi connectivity index (χ1n) is 50.3. The molecule has 6 aliphatic heterocycles. The number of non-ortho nitro benzene ring substituents is 6. The van der Waals surface area contributed by atoms with Crippen LogP contribution >= 0.6 is 0 Å². The molecule has 11 fully saturated rings. The minimum absolute atomic E-state index is 0.160. The summed E-state index contributed by atoms with van der Waals surface area (Å²) in [5.41, 5.74) is 7.57. The molecule has 0 amide bonds. The van der Waals surface area contributed by atoms with Crippen LogP contribution < -0.4 is 29.4 Å². The molecule has 0 spiro atoms. The predicted octanol–water partition coefficient (Wildman–Crippen LogP) is 19.2. The number of anilines is 6. The van der Waals surface area contributed by atoms with Crippen molar-refractivity contribution in [3.63, 3.8) is 0 Å². The molecule has 2 bridgehead atoms. The molecule has 0 radical (unpaired) electrons. The maximum atomic E-state index is 10.7. The Morgan fingerprint density at radius 1 is 0.278 bits per heavy atom. The molecule has 6 aromatic carbocycles. The SMILES string of the molecule is CC1CCC(N2CCN(c3ccc([N+](=O)[O-])cc3)CC2)CC1.CCC1CCC(N2CCN(c3ccc([N+](=O)[O-])cc3)CC2)CC1.O=[N+]([O-])c1ccc(N2CCN(CC3CC4C=CC3C4)CC2)cc1.O=[N+]([O-])c1ccc(N2CCN(CC3CC=CCC3)CC2)cc1.O=[N+]([O-])c1ccc(N2CCN(CC3CCCC3)CC2)cc1.O=[N+]([O-])c1ccc(N2CCN(CC3CCCCC3)CC2)cc1. The van der Waals surface area contributed by atoms with E-state index in [1.54, 1.807) is 72.8 Å². The van der Waals surface area contributed by atoms with E-state index in [9.17, 15) is 60.7 Å². The Hall–Kier alpha value is -10.2. The fraction of sp³-hybridized carbons (Fsp3) is 0.612. The number of nitro benzene ring substituents is 6. The normalized spacial score (nSPS) is 24.7. The van der Waals surface area contributed by atoms with E-state index in [0.717, 1.165) is 251 Å². The molecule has 6 heterocycles. The molecule has 720 valence electrons. The van der Waals surface area contributed by atoms with Crippen LogP contribution in [-0.2, 0) is 0 Å². The highest BCUT2D eigenvalue weighted by Gasteiger charge is 2.38. The van der Waals surface area contributed by atoms with E-state index in [1.807, 2.05) is 72.8 Å². The molecule has 4 atom stereocenters. The first-order chi connectivity index (χ1) is 64.6. The Morgan fingerprint density at radius 2 is 0.556 bits per heavy atom. The highest BCUT2D eigenvalue weighted by Crippen LogP contribution is 2.44. The Labute approximate surface area is 787 Å². The smallest absolute Gasteiger partial charge is 0.269 e. The van der Waals surface area contributed by atoms with Gasteiger partial charge in [0.25, 0.3) is 34.1 Å². The van der Waals surface area contributed by atoms with E-state index in [4.69, 9.17) is 0 Å². The molecule has 7 aliphatic carbocycles. The van der Waals surface area contributed by atoms with E-state index in [-0.39, 0.29) is 63.7 Å². The van der Waals surface area contributed by atoms with E-state index in [1.165, 1.54) is 174 Å². The maximum absolute atomic E-state index is 10.7. The lowest BCUT2D eigenvalue weighted by atomic mass is 9.84. The second-order valence-corrected chi connectivity index (χ2v) is 39.7. The molecule has 5 saturated carbocycles. The van der Waals surface area contributed by atoms with Crippen molar-refractivity contribution in [1.82, 2.24) is 29.4 Å². The Balaban J connectivity index is 0.000000128. The summed E-state index contributed by atoms with van der Waals surface area (Å²) in [6.45, 7) is 35.0. The first-order valence-corrected chi connectivity index (χ1v) is 50.3. The number of rotatable bonds is 23. The van der Waals surface area contributed by atoms with Crippen LogP contribution in [0.5, 0.6) is 0 Å². The number of fused-ring (bicyclic) bond motifs is 2. The van der Waals surface area contributed by atoms with Gasteiger partial charge in [-0.3, -0.25) is 90.1 Å². The van der Waals surface area contributed by atoms with Gasteiger partial charge >= 0.3 is 0 Å². The van der Waals surface area contributed by atoms with Crippen molar-refractivity contribution < 1.29 is 29.5 Å². The van der Waals surface area contributed by atoms with Crippen LogP contribution in [0.3, 0.4) is 0 Å². The van der Waals surface area contributed by atoms with Crippen molar-refractivity contribution in [3.8, 4) is 0 Å². The summed E-state index contributed by atoms with van der Waals surface area (Å²) < 4.78 is 0. The van der Waals surface area contributed by atoms with Gasteiger partial charge in [-0.05, 0) is 229 Å². The topological polar surface area (TPSA) is 298 Å². The average molecular weight is 1830 g/mol. The van der Waals surface area contributed by atoms with E-state index >= 15 is 0 Å². The largest absolute Gasteiger partial charge is 0.369 e. The van der Waals surface area contributed by atoms with E-state index in [2.05, 4.69) is 97.0 Å². The van der Waals surface area contributed by atoms with Crippen molar-refractivity contribution in [2.24, 2.45) is 47.3 Å². The predicted molar refractivity (Wildman–Crippen MR) is 532 cm³/mol. The lowest BCUT2D eigenvalue weighted by Crippen LogP contribution is -2.51. The van der Waals surface area contributed by atoms with Gasteiger partial charge < -0.3 is 29.4 Å². The highest BCUT2D eigenvalue weighted by molar-refractivity contribution is 5.56. The van der Waals surface area contributed by atoms with Crippen molar-refractivity contribution >= 4 is 68.2 Å². The average Bonchev–Trinajstić information content (AvgIpc) is 1.68. The third-order valence-corrected chi connectivity index (χ3v) is 31.1. The number of hydrogen-bond donors (Lipinski definition) is 0. The lowest BCUT2D eigenvalue weighted by molar-refractivity contribution is -0.385. The molecule has 13 aliphatic rings. The second kappa shape index (κ2) is 49.8. The number of hydrogen-bond acceptors (Lipinski definition) is 24. The van der Waals surface area contributed by atoms with Gasteiger partial charge in [0.05, 0.1) is 29.5 Å². The van der Waals surface area contributed by atoms with Gasteiger partial charge in [0, 0.05) is 302 Å². The molecular weight excluding hydrogens is 1680 g/mol. The van der Waals surface area contributed by atoms with Gasteiger partial charge in [-0.15, -0.1) is 0 Å². The summed E-state index contributed by atoms with van der Waals surface area (Å²) in [5.74, 6) is 7.02. The number of nitro groups is 6. The van der Waals surface area contributed by atoms with Crippen molar-refractivity contribution in [2.45, 2.75) is 174 Å². The number of nitrogens with zero attached hydrogens (tertiary/aromatic N) is 18. The summed E-state index contributed by atoms with van der Waals surface area (Å²) in [6.07, 6.45) is 40.9. The van der Waals surface area contributed by atoms with Crippen LogP contribution in [0.2, 0.25) is 0 Å². The molecule has 6 saturated heterocycles. The monoisotopic (exact) mass is 1830 g/mol. The van der Waals surface area contributed by atoms with Gasteiger partial charge in [-0.1, -0.05) is 76.7 Å². The van der Waals surface area contributed by atoms with Crippen LogP contribution in [0.1, 0.15) is 162 Å². The quantitative estimate of drug-likeness (QED) is 0.0327. The van der Waals surface area contributed by atoms with Crippen LogP contribution in [0.25, 0.3) is 0 Å². The van der Waals surface area contributed by atoms with Gasteiger partial charge in [0.15, 0.2) is 0 Å². The molecule has 0 N–H and O–H groups in total. The van der Waals surface area contributed by atoms with Gasteiger partial charge in [-0.25, -0.2) is 0 Å². The van der Waals surface area contributed by atoms with Crippen molar-refractivity contribution in [3.05, 3.63) is 231 Å². The van der Waals surface area contributed by atoms with E-state index < -0.39 is 0 Å². The first kappa shape index (κ1) is 98.7. The zero-order valence-corrected chi connectivity index (χ0v) is 79.0. The number of piperazine rings is 6. The summed E-state index contributed by atoms with van der Waals surface area (Å²) in [6, 6.07) is 43.2. The molecule has 6 aromatic rings. The minimum Gasteiger partial charge on any atom is -0.369 e. The van der Waals surface area contributed by atoms with Crippen LogP contribution in [0.4, 0.5) is 68.2 Å². The van der Waals surface area contributed by atoms with Crippen LogP contribution in [0.15, 0.2) is 170 Å². The number of benzene rings is 6. The van der Waals surface area contributed by atoms with Gasteiger partial charge in [0.2, 0.25) is 0 Å². The standard InChI is InChI=1S/C18H23N3O2.C18H27N3O2.2C17H25N3O2.C17H23N3O2.C16H23N3O2/c22-21(23)18-5-3-17(4-6-18)20-9-7-19(8-10-20)13-16-12-14-1-2-15(16)11-14;1-2-15-3-5-16(6-4-15)19-11-13-20(14-12-19)17-7-9-18(10-8-17)21(22)23;1-14-2-4-15(5-3-14)18-10-12-19(13-11-18)16-6-8-17(9-7-16)20(21)22;2*21-20(22)17-8-6-16(7-9-17)19-12-10-18(11-13-19)14-15-4-2-1-3-5-15;20-19(21)16-7-5-15(6-8-16)18-11-9-17(10-12-18)13-14-3-1-2-4-14/h1-6,14-16H,7-13H2;7-10,15-16H,2-6,11-14H2,1H3;6-9,14-15H,2-5,10-13H2,1H3;6-9,15H,1-5,10-14H2;1-2,6-9,15H,3-5,10-14H2;5-8,14H,1-4,9-13H2.